The number of methoxy groups -OCH3 is 1. The third-order valence-electron chi connectivity index (χ3n) is 5.38. The zero-order valence-electron chi connectivity index (χ0n) is 16.5. The number of benzene rings is 1. The summed E-state index contributed by atoms with van der Waals surface area (Å²) >= 11 is 0. The highest BCUT2D eigenvalue weighted by molar-refractivity contribution is 5.69. The van der Waals surface area contributed by atoms with Crippen LogP contribution in [0.25, 0.3) is 11.4 Å². The molecule has 1 aliphatic heterocycles. The normalized spacial score (nSPS) is 18.1. The van der Waals surface area contributed by atoms with Crippen LogP contribution in [0, 0.1) is 5.92 Å². The van der Waals surface area contributed by atoms with Gasteiger partial charge in [-0.2, -0.15) is 4.98 Å². The molecule has 0 unspecified atom stereocenters. The third kappa shape index (κ3) is 4.03. The van der Waals surface area contributed by atoms with Gasteiger partial charge in [-0.15, -0.1) is 0 Å². The lowest BCUT2D eigenvalue weighted by atomic mass is 10.0. The van der Waals surface area contributed by atoms with Gasteiger partial charge in [-0.25, -0.2) is 9.59 Å². The third-order valence-corrected chi connectivity index (χ3v) is 5.38. The van der Waals surface area contributed by atoms with Gasteiger partial charge in [-0.05, 0) is 30.0 Å². The smallest absolute Gasteiger partial charge is 0.409 e. The summed E-state index contributed by atoms with van der Waals surface area (Å²) < 4.78 is 15.2. The monoisotopic (exact) mass is 400 g/mol. The molecule has 29 heavy (non-hydrogen) atoms. The van der Waals surface area contributed by atoms with E-state index in [1.165, 1.54) is 12.7 Å². The van der Waals surface area contributed by atoms with Gasteiger partial charge in [0.25, 0.3) is 0 Å². The molecule has 154 valence electrons. The maximum Gasteiger partial charge on any atom is 0.409 e. The predicted molar refractivity (Wildman–Crippen MR) is 102 cm³/mol. The number of likely N-dealkylation sites (tertiary alicyclic amines) is 1. The van der Waals surface area contributed by atoms with Crippen molar-refractivity contribution in [3.8, 4) is 11.4 Å². The summed E-state index contributed by atoms with van der Waals surface area (Å²) in [6.07, 6.45) is 1.60. The molecule has 1 atom stereocenters. The standard InChI is InChI=1S/C20H24N4O5/c1-3-17-22-18(23-29-17)14-4-6-15-13(8-14)5-7-16(15)21-19(25)28-11-12-9-24(10-12)20(26)27-2/h4,6,8,12,16H,3,5,7,9-11H2,1-2H3,(H,21,25)/t16-/m1/s1. The molecule has 1 aromatic carbocycles. The van der Waals surface area contributed by atoms with Gasteiger partial charge in [-0.3, -0.25) is 0 Å². The molecule has 1 saturated heterocycles. The average molecular weight is 400 g/mol. The maximum atomic E-state index is 12.2. The molecule has 4 rings (SSSR count). The maximum absolute atomic E-state index is 12.2. The number of ether oxygens (including phenoxy) is 2. The van der Waals surface area contributed by atoms with Crippen molar-refractivity contribution in [1.29, 1.82) is 0 Å². The van der Waals surface area contributed by atoms with Gasteiger partial charge in [0.05, 0.1) is 19.8 Å². The lowest BCUT2D eigenvalue weighted by molar-refractivity contribution is 0.0342. The molecule has 1 N–H and O–H groups in total. The van der Waals surface area contributed by atoms with Crippen molar-refractivity contribution < 1.29 is 23.6 Å². The molecule has 9 nitrogen and oxygen atoms in total. The Kier molecular flexibility index (Phi) is 5.37. The van der Waals surface area contributed by atoms with E-state index in [-0.39, 0.29) is 24.7 Å². The van der Waals surface area contributed by atoms with E-state index < -0.39 is 6.09 Å². The van der Waals surface area contributed by atoms with Crippen LogP contribution in [-0.4, -0.2) is 54.0 Å². The molecule has 9 heteroatoms. The quantitative estimate of drug-likeness (QED) is 0.822. The van der Waals surface area contributed by atoms with Gasteiger partial charge >= 0.3 is 12.2 Å². The van der Waals surface area contributed by atoms with Gasteiger partial charge in [0.2, 0.25) is 11.7 Å². The fourth-order valence-corrected chi connectivity index (χ4v) is 3.75. The number of carbonyl (C=O) groups is 2. The van der Waals surface area contributed by atoms with Crippen LogP contribution < -0.4 is 5.32 Å². The van der Waals surface area contributed by atoms with Crippen molar-refractivity contribution in [3.05, 3.63) is 35.2 Å². The van der Waals surface area contributed by atoms with Crippen molar-refractivity contribution in [3.63, 3.8) is 0 Å². The molecule has 2 aliphatic rings. The Hall–Kier alpha value is -3.10. The summed E-state index contributed by atoms with van der Waals surface area (Å²) in [5.74, 6) is 1.35. The zero-order chi connectivity index (χ0) is 20.4. The number of aromatic nitrogens is 2. The number of amides is 2. The number of nitrogens with zero attached hydrogens (tertiary/aromatic N) is 3. The van der Waals surface area contributed by atoms with Crippen molar-refractivity contribution >= 4 is 12.2 Å². The second-order valence-corrected chi connectivity index (χ2v) is 7.35. The Labute approximate surface area is 168 Å². The van der Waals surface area contributed by atoms with Crippen LogP contribution in [0.2, 0.25) is 0 Å². The number of hydrogen-bond donors (Lipinski definition) is 1. The van der Waals surface area contributed by atoms with E-state index >= 15 is 0 Å². The summed E-state index contributed by atoms with van der Waals surface area (Å²) in [6.45, 7) is 3.35. The van der Waals surface area contributed by atoms with Crippen LogP contribution in [-0.2, 0) is 22.3 Å². The Bertz CT molecular complexity index is 906. The molecule has 2 aromatic rings. The summed E-state index contributed by atoms with van der Waals surface area (Å²) in [6, 6.07) is 5.94. The van der Waals surface area contributed by atoms with Crippen molar-refractivity contribution in [2.75, 3.05) is 26.8 Å². The highest BCUT2D eigenvalue weighted by Crippen LogP contribution is 2.33. The summed E-state index contributed by atoms with van der Waals surface area (Å²) in [5.41, 5.74) is 3.17. The number of nitrogens with one attached hydrogen (secondary N) is 1. The summed E-state index contributed by atoms with van der Waals surface area (Å²) in [7, 11) is 1.35. The Morgan fingerprint density at radius 2 is 2.17 bits per heavy atom. The second-order valence-electron chi connectivity index (χ2n) is 7.35. The Morgan fingerprint density at radius 3 is 2.90 bits per heavy atom. The summed E-state index contributed by atoms with van der Waals surface area (Å²) in [5, 5.41) is 6.96. The average Bonchev–Trinajstić information content (AvgIpc) is 3.33. The van der Waals surface area contributed by atoms with Crippen molar-refractivity contribution in [2.45, 2.75) is 32.2 Å². The molecule has 0 spiro atoms. The fraction of sp³-hybridized carbons (Fsp3) is 0.500. The highest BCUT2D eigenvalue weighted by Gasteiger charge is 2.32. The van der Waals surface area contributed by atoms with Crippen LogP contribution in [0.1, 0.15) is 36.4 Å². The van der Waals surface area contributed by atoms with Gasteiger partial charge in [0, 0.05) is 31.0 Å². The molecule has 1 aromatic heterocycles. The molecule has 1 aliphatic carbocycles. The SMILES string of the molecule is CCc1nc(-c2ccc3c(c2)CC[C@H]3NC(=O)OCC2CN(C(=O)OC)C2)no1. The van der Waals surface area contributed by atoms with E-state index in [4.69, 9.17) is 9.26 Å². The number of fused-ring (bicyclic) bond motifs is 1. The first-order valence-electron chi connectivity index (χ1n) is 9.79. The van der Waals surface area contributed by atoms with E-state index in [0.29, 0.717) is 31.2 Å². The number of rotatable bonds is 5. The molecule has 1 fully saturated rings. The summed E-state index contributed by atoms with van der Waals surface area (Å²) in [4.78, 5) is 29.4. The first-order chi connectivity index (χ1) is 14.1. The lowest BCUT2D eigenvalue weighted by Gasteiger charge is -2.37. The molecule has 0 saturated carbocycles. The minimum atomic E-state index is -0.436. The Morgan fingerprint density at radius 1 is 1.34 bits per heavy atom. The number of hydrogen-bond acceptors (Lipinski definition) is 7. The van der Waals surface area contributed by atoms with Crippen LogP contribution in [0.3, 0.4) is 0 Å². The second kappa shape index (κ2) is 8.10. The number of alkyl carbamates (subject to hydrolysis) is 1. The minimum Gasteiger partial charge on any atom is -0.453 e. The molecule has 2 amide bonds. The number of carbonyl (C=O) groups excluding carboxylic acids is 2. The Balaban J connectivity index is 1.29. The van der Waals surface area contributed by atoms with Crippen LogP contribution >= 0.6 is 0 Å². The van der Waals surface area contributed by atoms with Gasteiger partial charge in [0.1, 0.15) is 0 Å². The van der Waals surface area contributed by atoms with Crippen LogP contribution in [0.15, 0.2) is 22.7 Å². The van der Waals surface area contributed by atoms with E-state index in [1.54, 1.807) is 4.90 Å². The first-order valence-corrected chi connectivity index (χ1v) is 9.79. The van der Waals surface area contributed by atoms with E-state index in [9.17, 15) is 9.59 Å². The zero-order valence-corrected chi connectivity index (χ0v) is 16.5. The fourth-order valence-electron chi connectivity index (χ4n) is 3.75. The van der Waals surface area contributed by atoms with Gasteiger partial charge in [-0.1, -0.05) is 24.2 Å². The van der Waals surface area contributed by atoms with Crippen molar-refractivity contribution in [1.82, 2.24) is 20.4 Å². The molecular formula is C20H24N4O5. The minimum absolute atomic E-state index is 0.0732. The van der Waals surface area contributed by atoms with Gasteiger partial charge in [0.15, 0.2) is 0 Å². The lowest BCUT2D eigenvalue weighted by Crippen LogP contribution is -2.52. The first kappa shape index (κ1) is 19.2. The van der Waals surface area contributed by atoms with Crippen molar-refractivity contribution in [2.24, 2.45) is 5.92 Å². The molecule has 0 radical (unpaired) electrons. The number of aryl methyl sites for hydroxylation is 2. The largest absolute Gasteiger partial charge is 0.453 e. The van der Waals surface area contributed by atoms with Crippen LogP contribution in [0.4, 0.5) is 9.59 Å². The van der Waals surface area contributed by atoms with E-state index in [2.05, 4.69) is 26.3 Å². The predicted octanol–water partition coefficient (Wildman–Crippen LogP) is 2.71. The molecule has 0 bridgehead atoms. The van der Waals surface area contributed by atoms with E-state index in [0.717, 1.165) is 24.0 Å². The van der Waals surface area contributed by atoms with Gasteiger partial charge < -0.3 is 24.2 Å². The van der Waals surface area contributed by atoms with Crippen LogP contribution in [0.5, 0.6) is 0 Å². The molecular weight excluding hydrogens is 376 g/mol. The molecule has 2 heterocycles. The van der Waals surface area contributed by atoms with E-state index in [1.807, 2.05) is 19.1 Å². The topological polar surface area (TPSA) is 107 Å². The highest BCUT2D eigenvalue weighted by atomic mass is 16.6.